The molecule has 0 bridgehead atoms. The monoisotopic (exact) mass is 128 g/mol. The Labute approximate surface area is 57.1 Å². The van der Waals surface area contributed by atoms with Crippen molar-refractivity contribution in [1.29, 1.82) is 0 Å². The zero-order chi connectivity index (χ0) is 6.69. The molecule has 1 aliphatic carbocycles. The maximum atomic E-state index is 9.26. The molecule has 0 saturated heterocycles. The van der Waals surface area contributed by atoms with Crippen LogP contribution in [-0.4, -0.2) is 11.2 Å². The van der Waals surface area contributed by atoms with Crippen LogP contribution in [0.25, 0.3) is 0 Å². The maximum absolute atomic E-state index is 9.26. The summed E-state index contributed by atoms with van der Waals surface area (Å²) in [6.07, 6.45) is 5.92. The molecule has 1 aliphatic rings. The third-order valence-electron chi connectivity index (χ3n) is 2.16. The van der Waals surface area contributed by atoms with E-state index in [0.29, 0.717) is 0 Å². The van der Waals surface area contributed by atoms with Gasteiger partial charge in [-0.05, 0) is 18.8 Å². The molecule has 1 heteroatoms. The molecular weight excluding hydrogens is 112 g/mol. The number of rotatable bonds is 0. The molecule has 2 atom stereocenters. The second-order valence-corrected chi connectivity index (χ2v) is 3.28. The second kappa shape index (κ2) is 3.21. The van der Waals surface area contributed by atoms with Crippen LogP contribution < -0.4 is 0 Å². The fraction of sp³-hybridized carbons (Fsp3) is 1.00. The van der Waals surface area contributed by atoms with Gasteiger partial charge in [-0.1, -0.05) is 26.2 Å². The molecule has 9 heavy (non-hydrogen) atoms. The van der Waals surface area contributed by atoms with E-state index in [-0.39, 0.29) is 6.10 Å². The lowest BCUT2D eigenvalue weighted by atomic mass is 10.0. The van der Waals surface area contributed by atoms with Crippen molar-refractivity contribution < 1.29 is 5.11 Å². The Morgan fingerprint density at radius 2 is 1.89 bits per heavy atom. The summed E-state index contributed by atoms with van der Waals surface area (Å²) in [4.78, 5) is 0. The largest absolute Gasteiger partial charge is 0.393 e. The molecule has 0 aromatic carbocycles. The number of hydrogen-bond acceptors (Lipinski definition) is 1. The van der Waals surface area contributed by atoms with Gasteiger partial charge in [0.15, 0.2) is 0 Å². The van der Waals surface area contributed by atoms with Crippen molar-refractivity contribution in [1.82, 2.24) is 0 Å². The van der Waals surface area contributed by atoms with Gasteiger partial charge >= 0.3 is 0 Å². The summed E-state index contributed by atoms with van der Waals surface area (Å²) in [5.41, 5.74) is 0. The molecule has 1 fully saturated rings. The van der Waals surface area contributed by atoms with Gasteiger partial charge in [-0.15, -0.1) is 0 Å². The third kappa shape index (κ3) is 2.35. The first-order valence-electron chi connectivity index (χ1n) is 3.97. The zero-order valence-electron chi connectivity index (χ0n) is 6.14. The summed E-state index contributed by atoms with van der Waals surface area (Å²) in [5.74, 6) is 0.752. The molecule has 54 valence electrons. The number of aliphatic hydroxyl groups is 1. The van der Waals surface area contributed by atoms with Crippen molar-refractivity contribution in [3.05, 3.63) is 0 Å². The van der Waals surface area contributed by atoms with Crippen molar-refractivity contribution in [2.24, 2.45) is 5.92 Å². The van der Waals surface area contributed by atoms with Gasteiger partial charge < -0.3 is 5.11 Å². The molecule has 0 aromatic heterocycles. The Kier molecular flexibility index (Phi) is 2.52. The smallest absolute Gasteiger partial charge is 0.0542 e. The molecule has 1 unspecified atom stereocenters. The minimum absolute atomic E-state index is 0.00231. The van der Waals surface area contributed by atoms with E-state index in [0.717, 1.165) is 18.8 Å². The first kappa shape index (κ1) is 7.07. The molecule has 0 amide bonds. The Hall–Kier alpha value is -0.0400. The average Bonchev–Trinajstić information content (AvgIpc) is 1.93. The van der Waals surface area contributed by atoms with E-state index < -0.39 is 0 Å². The molecule has 0 spiro atoms. The Bertz CT molecular complexity index is 70.6. The molecule has 1 N–H and O–H groups in total. The van der Waals surface area contributed by atoms with E-state index >= 15 is 0 Å². The van der Waals surface area contributed by atoms with Crippen LogP contribution >= 0.6 is 0 Å². The van der Waals surface area contributed by atoms with Crippen molar-refractivity contribution in [3.63, 3.8) is 0 Å². The number of hydrogen-bond donors (Lipinski definition) is 1. The van der Waals surface area contributed by atoms with Crippen LogP contribution in [-0.2, 0) is 0 Å². The van der Waals surface area contributed by atoms with Crippen LogP contribution in [0.4, 0.5) is 0 Å². The van der Waals surface area contributed by atoms with Gasteiger partial charge in [0, 0.05) is 0 Å². The fourth-order valence-electron chi connectivity index (χ4n) is 1.57. The first-order valence-corrected chi connectivity index (χ1v) is 3.97. The standard InChI is InChI=1S/C8H16O/c1-7-4-2-3-5-8(9)6-7/h7-9H,2-6H2,1H3/t7-,8?/m1/s1. The minimum atomic E-state index is 0.00231. The highest BCUT2D eigenvalue weighted by Gasteiger charge is 2.13. The maximum Gasteiger partial charge on any atom is 0.0542 e. The molecule has 1 saturated carbocycles. The summed E-state index contributed by atoms with van der Waals surface area (Å²) < 4.78 is 0. The second-order valence-electron chi connectivity index (χ2n) is 3.28. The van der Waals surface area contributed by atoms with Gasteiger partial charge in [-0.2, -0.15) is 0 Å². The SMILES string of the molecule is C[C@@H]1CCCCC(O)C1. The quantitative estimate of drug-likeness (QED) is 0.494. The van der Waals surface area contributed by atoms with Gasteiger partial charge in [0.2, 0.25) is 0 Å². The lowest BCUT2D eigenvalue weighted by molar-refractivity contribution is 0.144. The molecule has 1 nitrogen and oxygen atoms in total. The lowest BCUT2D eigenvalue weighted by Crippen LogP contribution is -2.07. The van der Waals surface area contributed by atoms with Crippen LogP contribution in [0.1, 0.15) is 39.0 Å². The van der Waals surface area contributed by atoms with Crippen molar-refractivity contribution in [2.45, 2.75) is 45.1 Å². The Balaban J connectivity index is 2.29. The predicted octanol–water partition coefficient (Wildman–Crippen LogP) is 1.95. The van der Waals surface area contributed by atoms with E-state index in [1.165, 1.54) is 19.3 Å². The van der Waals surface area contributed by atoms with E-state index in [1.54, 1.807) is 0 Å². The lowest BCUT2D eigenvalue weighted by Gasteiger charge is -2.09. The van der Waals surface area contributed by atoms with Crippen LogP contribution in [0.15, 0.2) is 0 Å². The molecule has 1 rings (SSSR count). The van der Waals surface area contributed by atoms with Gasteiger partial charge in [0.05, 0.1) is 6.10 Å². The molecule has 0 radical (unpaired) electrons. The van der Waals surface area contributed by atoms with E-state index in [9.17, 15) is 5.11 Å². The summed E-state index contributed by atoms with van der Waals surface area (Å²) in [6, 6.07) is 0. The summed E-state index contributed by atoms with van der Waals surface area (Å²) in [6.45, 7) is 2.23. The molecule has 0 heterocycles. The van der Waals surface area contributed by atoms with Gasteiger partial charge in [0.1, 0.15) is 0 Å². The highest BCUT2D eigenvalue weighted by molar-refractivity contribution is 4.66. The molecular formula is C8H16O. The highest BCUT2D eigenvalue weighted by atomic mass is 16.3. The van der Waals surface area contributed by atoms with Crippen molar-refractivity contribution in [2.75, 3.05) is 0 Å². The first-order chi connectivity index (χ1) is 4.29. The summed E-state index contributed by atoms with van der Waals surface area (Å²) in [7, 11) is 0. The summed E-state index contributed by atoms with van der Waals surface area (Å²) >= 11 is 0. The van der Waals surface area contributed by atoms with Crippen molar-refractivity contribution in [3.8, 4) is 0 Å². The van der Waals surface area contributed by atoms with E-state index in [2.05, 4.69) is 6.92 Å². The summed E-state index contributed by atoms with van der Waals surface area (Å²) in [5, 5.41) is 9.26. The topological polar surface area (TPSA) is 20.2 Å². The zero-order valence-corrected chi connectivity index (χ0v) is 6.14. The third-order valence-corrected chi connectivity index (χ3v) is 2.16. The van der Waals surface area contributed by atoms with Gasteiger partial charge in [0.25, 0.3) is 0 Å². The van der Waals surface area contributed by atoms with Crippen LogP contribution in [0.3, 0.4) is 0 Å². The Morgan fingerprint density at radius 3 is 2.67 bits per heavy atom. The fourth-order valence-corrected chi connectivity index (χ4v) is 1.57. The molecule has 0 aromatic rings. The Morgan fingerprint density at radius 1 is 1.22 bits per heavy atom. The molecule has 0 aliphatic heterocycles. The van der Waals surface area contributed by atoms with Crippen LogP contribution in [0.5, 0.6) is 0 Å². The van der Waals surface area contributed by atoms with Crippen LogP contribution in [0, 0.1) is 5.92 Å². The van der Waals surface area contributed by atoms with Crippen molar-refractivity contribution >= 4 is 0 Å². The highest BCUT2D eigenvalue weighted by Crippen LogP contribution is 2.22. The van der Waals surface area contributed by atoms with E-state index in [4.69, 9.17) is 0 Å². The average molecular weight is 128 g/mol. The van der Waals surface area contributed by atoms with E-state index in [1.807, 2.05) is 0 Å². The normalized spacial score (nSPS) is 38.0. The van der Waals surface area contributed by atoms with Gasteiger partial charge in [-0.3, -0.25) is 0 Å². The van der Waals surface area contributed by atoms with Crippen LogP contribution in [0.2, 0.25) is 0 Å². The number of aliphatic hydroxyl groups excluding tert-OH is 1. The predicted molar refractivity (Wildman–Crippen MR) is 38.3 cm³/mol. The minimum Gasteiger partial charge on any atom is -0.393 e. The van der Waals surface area contributed by atoms with Gasteiger partial charge in [-0.25, -0.2) is 0 Å².